The van der Waals surface area contributed by atoms with Crippen molar-refractivity contribution in [2.45, 2.75) is 33.5 Å². The van der Waals surface area contributed by atoms with Crippen LogP contribution in [0, 0.1) is 6.92 Å². The van der Waals surface area contributed by atoms with Crippen LogP contribution in [0.3, 0.4) is 0 Å². The highest BCUT2D eigenvalue weighted by Crippen LogP contribution is 2.23. The molecule has 2 aromatic heterocycles. The van der Waals surface area contributed by atoms with E-state index in [-0.39, 0.29) is 0 Å². The van der Waals surface area contributed by atoms with Gasteiger partial charge in [-0.1, -0.05) is 18.5 Å². The van der Waals surface area contributed by atoms with Crippen LogP contribution in [-0.2, 0) is 19.6 Å². The molecule has 20 heavy (non-hydrogen) atoms. The van der Waals surface area contributed by atoms with Crippen molar-refractivity contribution in [2.24, 2.45) is 0 Å². The van der Waals surface area contributed by atoms with Crippen LogP contribution in [0.15, 0.2) is 22.6 Å². The van der Waals surface area contributed by atoms with Gasteiger partial charge in [0.1, 0.15) is 11.5 Å². The third-order valence-corrected chi connectivity index (χ3v) is 4.33. The highest BCUT2D eigenvalue weighted by molar-refractivity contribution is 7.16. The van der Waals surface area contributed by atoms with Crippen molar-refractivity contribution in [1.82, 2.24) is 10.2 Å². The molecule has 0 saturated carbocycles. The lowest BCUT2D eigenvalue weighted by atomic mass is 10.2. The van der Waals surface area contributed by atoms with E-state index in [2.05, 4.69) is 36.3 Å². The molecule has 2 aromatic rings. The number of rotatable bonds is 7. The number of nitrogens with zero attached hydrogens (tertiary/aromatic N) is 1. The summed E-state index contributed by atoms with van der Waals surface area (Å²) in [4.78, 5) is 3.51. The molecule has 0 unspecified atom stereocenters. The van der Waals surface area contributed by atoms with Gasteiger partial charge in [-0.05, 0) is 38.7 Å². The van der Waals surface area contributed by atoms with Crippen molar-refractivity contribution in [2.75, 3.05) is 13.6 Å². The first kappa shape index (κ1) is 15.6. The van der Waals surface area contributed by atoms with Crippen LogP contribution in [0.1, 0.15) is 28.9 Å². The largest absolute Gasteiger partial charge is 0.465 e. The van der Waals surface area contributed by atoms with E-state index in [0.717, 1.165) is 42.0 Å². The Morgan fingerprint density at radius 1 is 1.35 bits per heavy atom. The Morgan fingerprint density at radius 3 is 2.80 bits per heavy atom. The number of hydrogen-bond acceptors (Lipinski definition) is 4. The second-order valence-electron chi connectivity index (χ2n) is 4.95. The van der Waals surface area contributed by atoms with Crippen LogP contribution in [0.5, 0.6) is 0 Å². The Bertz CT molecular complexity index is 550. The third-order valence-electron chi connectivity index (χ3n) is 3.12. The van der Waals surface area contributed by atoms with Gasteiger partial charge < -0.3 is 9.73 Å². The highest BCUT2D eigenvalue weighted by Gasteiger charge is 2.10. The molecule has 1 N–H and O–H groups in total. The molecule has 3 nitrogen and oxygen atoms in total. The fourth-order valence-electron chi connectivity index (χ4n) is 2.13. The lowest BCUT2D eigenvalue weighted by molar-refractivity contribution is 0.287. The average Bonchev–Trinajstić information content (AvgIpc) is 2.93. The first-order valence-corrected chi connectivity index (χ1v) is 7.99. The average molecular weight is 313 g/mol. The van der Waals surface area contributed by atoms with Crippen molar-refractivity contribution in [1.29, 1.82) is 0 Å². The van der Waals surface area contributed by atoms with Crippen LogP contribution in [0.2, 0.25) is 4.34 Å². The van der Waals surface area contributed by atoms with Gasteiger partial charge in [0, 0.05) is 23.5 Å². The molecule has 0 amide bonds. The summed E-state index contributed by atoms with van der Waals surface area (Å²) in [5.41, 5.74) is 1.24. The standard InChI is InChI=1S/C15H21ClN2OS/c1-4-17-8-12-7-13(19-11(12)2)9-18(3)10-14-5-6-15(16)20-14/h5-7,17H,4,8-10H2,1-3H3. The Hall–Kier alpha value is -0.810. The second kappa shape index (κ2) is 7.27. The summed E-state index contributed by atoms with van der Waals surface area (Å²) in [6.45, 7) is 7.67. The molecule has 0 aromatic carbocycles. The SMILES string of the molecule is CCNCc1cc(CN(C)Cc2ccc(Cl)s2)oc1C. The zero-order valence-corrected chi connectivity index (χ0v) is 13.8. The van der Waals surface area contributed by atoms with Gasteiger partial charge >= 0.3 is 0 Å². The number of halogens is 1. The maximum atomic E-state index is 5.95. The van der Waals surface area contributed by atoms with Gasteiger partial charge in [-0.15, -0.1) is 11.3 Å². The van der Waals surface area contributed by atoms with Gasteiger partial charge in [0.2, 0.25) is 0 Å². The fourth-order valence-corrected chi connectivity index (χ4v) is 3.29. The van der Waals surface area contributed by atoms with Gasteiger partial charge in [0.25, 0.3) is 0 Å². The summed E-state index contributed by atoms with van der Waals surface area (Å²) in [5, 5.41) is 3.33. The molecule has 0 saturated heterocycles. The molecule has 0 atom stereocenters. The maximum Gasteiger partial charge on any atom is 0.118 e. The normalized spacial score (nSPS) is 11.4. The van der Waals surface area contributed by atoms with E-state index >= 15 is 0 Å². The van der Waals surface area contributed by atoms with Crippen LogP contribution >= 0.6 is 22.9 Å². The van der Waals surface area contributed by atoms with Gasteiger partial charge in [0.15, 0.2) is 0 Å². The van der Waals surface area contributed by atoms with Gasteiger partial charge in [-0.3, -0.25) is 4.90 Å². The second-order valence-corrected chi connectivity index (χ2v) is 6.75. The predicted octanol–water partition coefficient (Wildman–Crippen LogP) is 4.04. The number of furan rings is 1. The summed E-state index contributed by atoms with van der Waals surface area (Å²) < 4.78 is 6.66. The summed E-state index contributed by atoms with van der Waals surface area (Å²) in [6.07, 6.45) is 0. The summed E-state index contributed by atoms with van der Waals surface area (Å²) >= 11 is 7.58. The van der Waals surface area contributed by atoms with E-state index in [1.54, 1.807) is 11.3 Å². The monoisotopic (exact) mass is 312 g/mol. The molecule has 2 rings (SSSR count). The molecule has 0 radical (unpaired) electrons. The van der Waals surface area contributed by atoms with Crippen molar-refractivity contribution >= 4 is 22.9 Å². The van der Waals surface area contributed by atoms with Crippen molar-refractivity contribution in [3.63, 3.8) is 0 Å². The Morgan fingerprint density at radius 2 is 2.15 bits per heavy atom. The Labute approximate surface area is 129 Å². The minimum Gasteiger partial charge on any atom is -0.465 e. The third kappa shape index (κ3) is 4.35. The van der Waals surface area contributed by atoms with Gasteiger partial charge in [0.05, 0.1) is 10.9 Å². The minimum atomic E-state index is 0.808. The van der Waals surface area contributed by atoms with Crippen molar-refractivity contribution < 1.29 is 4.42 Å². The van der Waals surface area contributed by atoms with Crippen molar-refractivity contribution in [3.8, 4) is 0 Å². The van der Waals surface area contributed by atoms with Crippen LogP contribution in [0.25, 0.3) is 0 Å². The zero-order chi connectivity index (χ0) is 14.5. The number of hydrogen-bond donors (Lipinski definition) is 1. The fraction of sp³-hybridized carbons (Fsp3) is 0.467. The van der Waals surface area contributed by atoms with Crippen LogP contribution < -0.4 is 5.32 Å². The number of aryl methyl sites for hydroxylation is 1. The molecule has 110 valence electrons. The molecule has 0 aliphatic rings. The number of nitrogens with one attached hydrogen (secondary N) is 1. The summed E-state index contributed by atoms with van der Waals surface area (Å²) in [7, 11) is 2.09. The van der Waals surface area contributed by atoms with Crippen molar-refractivity contribution in [3.05, 3.63) is 44.5 Å². The van der Waals surface area contributed by atoms with E-state index < -0.39 is 0 Å². The van der Waals surface area contributed by atoms with Crippen LogP contribution in [0.4, 0.5) is 0 Å². The predicted molar refractivity (Wildman–Crippen MR) is 85.3 cm³/mol. The first-order chi connectivity index (χ1) is 9.58. The maximum absolute atomic E-state index is 5.95. The molecule has 0 bridgehead atoms. The topological polar surface area (TPSA) is 28.4 Å². The Balaban J connectivity index is 1.92. The lowest BCUT2D eigenvalue weighted by Gasteiger charge is -2.13. The summed E-state index contributed by atoms with van der Waals surface area (Å²) in [5.74, 6) is 2.02. The van der Waals surface area contributed by atoms with Gasteiger partial charge in [-0.2, -0.15) is 0 Å². The zero-order valence-electron chi connectivity index (χ0n) is 12.2. The molecular formula is C15H21ClN2OS. The van der Waals surface area contributed by atoms with E-state index in [1.807, 2.05) is 13.0 Å². The lowest BCUT2D eigenvalue weighted by Crippen LogP contribution is -2.16. The highest BCUT2D eigenvalue weighted by atomic mass is 35.5. The Kier molecular flexibility index (Phi) is 5.66. The smallest absolute Gasteiger partial charge is 0.118 e. The molecular weight excluding hydrogens is 292 g/mol. The number of thiophene rings is 1. The molecule has 0 spiro atoms. The van der Waals surface area contributed by atoms with E-state index in [9.17, 15) is 0 Å². The summed E-state index contributed by atoms with van der Waals surface area (Å²) in [6, 6.07) is 6.17. The quantitative estimate of drug-likeness (QED) is 0.836. The molecule has 0 aliphatic heterocycles. The van der Waals surface area contributed by atoms with E-state index in [0.29, 0.717) is 0 Å². The minimum absolute atomic E-state index is 0.808. The molecule has 5 heteroatoms. The van der Waals surface area contributed by atoms with E-state index in [4.69, 9.17) is 16.0 Å². The van der Waals surface area contributed by atoms with Crippen LogP contribution in [-0.4, -0.2) is 18.5 Å². The molecule has 0 aliphatic carbocycles. The molecule has 0 fully saturated rings. The first-order valence-electron chi connectivity index (χ1n) is 6.80. The van der Waals surface area contributed by atoms with Gasteiger partial charge in [-0.25, -0.2) is 0 Å². The van der Waals surface area contributed by atoms with E-state index in [1.165, 1.54) is 10.4 Å². The molecule has 2 heterocycles.